The van der Waals surface area contributed by atoms with E-state index in [4.69, 9.17) is 15.3 Å². The van der Waals surface area contributed by atoms with E-state index in [-0.39, 0.29) is 24.1 Å². The molecule has 1 aromatic rings. The summed E-state index contributed by atoms with van der Waals surface area (Å²) < 4.78 is 11.3. The molecule has 2 rings (SSSR count). The molecular formula is C14H25N5O2. The summed E-state index contributed by atoms with van der Waals surface area (Å²) in [5.74, 6) is 6.37. The van der Waals surface area contributed by atoms with E-state index in [1.165, 1.54) is 19.3 Å². The first kappa shape index (κ1) is 15.8. The lowest BCUT2D eigenvalue weighted by atomic mass is 9.86. The summed E-state index contributed by atoms with van der Waals surface area (Å²) in [5, 5.41) is 0. The molecule has 1 fully saturated rings. The van der Waals surface area contributed by atoms with Gasteiger partial charge in [-0.3, -0.25) is 5.43 Å². The van der Waals surface area contributed by atoms with Gasteiger partial charge in [0.25, 0.3) is 0 Å². The van der Waals surface area contributed by atoms with Gasteiger partial charge in [0.15, 0.2) is 0 Å². The van der Waals surface area contributed by atoms with Crippen molar-refractivity contribution in [2.24, 2.45) is 11.8 Å². The zero-order valence-corrected chi connectivity index (χ0v) is 12.8. The zero-order chi connectivity index (χ0) is 15.1. The van der Waals surface area contributed by atoms with Gasteiger partial charge in [-0.1, -0.05) is 26.7 Å². The number of nitrogens with one attached hydrogen (secondary N) is 1. The molecule has 0 saturated heterocycles. The Morgan fingerprint density at radius 1 is 1.19 bits per heavy atom. The van der Waals surface area contributed by atoms with E-state index in [9.17, 15) is 0 Å². The Hall–Kier alpha value is -1.63. The fourth-order valence-electron chi connectivity index (χ4n) is 2.58. The van der Waals surface area contributed by atoms with Crippen molar-refractivity contribution in [3.05, 3.63) is 0 Å². The molecule has 21 heavy (non-hydrogen) atoms. The first-order chi connectivity index (χ1) is 10.2. The van der Waals surface area contributed by atoms with Crippen molar-refractivity contribution in [3.63, 3.8) is 0 Å². The van der Waals surface area contributed by atoms with Gasteiger partial charge in [0.1, 0.15) is 6.10 Å². The molecule has 0 radical (unpaired) electrons. The van der Waals surface area contributed by atoms with Gasteiger partial charge in [0, 0.05) is 0 Å². The van der Waals surface area contributed by atoms with E-state index in [1.807, 2.05) is 6.92 Å². The first-order valence-corrected chi connectivity index (χ1v) is 7.77. The maximum Gasteiger partial charge on any atom is 0.324 e. The van der Waals surface area contributed by atoms with Crippen molar-refractivity contribution in [2.75, 3.05) is 12.0 Å². The average Bonchev–Trinajstić information content (AvgIpc) is 2.52. The van der Waals surface area contributed by atoms with Gasteiger partial charge in [0.2, 0.25) is 5.95 Å². The van der Waals surface area contributed by atoms with E-state index in [0.717, 1.165) is 25.2 Å². The summed E-state index contributed by atoms with van der Waals surface area (Å²) in [7, 11) is 0. The molecule has 1 aliphatic rings. The summed E-state index contributed by atoms with van der Waals surface area (Å²) >= 11 is 0. The normalized spacial score (nSPS) is 21.9. The van der Waals surface area contributed by atoms with Crippen LogP contribution in [0, 0.1) is 5.92 Å². The van der Waals surface area contributed by atoms with Gasteiger partial charge in [-0.2, -0.15) is 9.97 Å². The number of ether oxygens (including phenoxy) is 2. The van der Waals surface area contributed by atoms with E-state index in [1.54, 1.807) is 0 Å². The predicted molar refractivity (Wildman–Crippen MR) is 80.1 cm³/mol. The topological polar surface area (TPSA) is 95.2 Å². The molecule has 1 heterocycles. The molecule has 7 heteroatoms. The number of hydrogen-bond acceptors (Lipinski definition) is 7. The number of aromatic nitrogens is 3. The van der Waals surface area contributed by atoms with Gasteiger partial charge >= 0.3 is 12.0 Å². The summed E-state index contributed by atoms with van der Waals surface area (Å²) in [6.45, 7) is 4.80. The van der Waals surface area contributed by atoms with Gasteiger partial charge < -0.3 is 9.47 Å². The van der Waals surface area contributed by atoms with Crippen LogP contribution in [0.1, 0.15) is 52.4 Å². The molecule has 1 aromatic heterocycles. The molecule has 1 saturated carbocycles. The van der Waals surface area contributed by atoms with Gasteiger partial charge in [-0.05, 0) is 31.6 Å². The molecular weight excluding hydrogens is 270 g/mol. The lowest BCUT2D eigenvalue weighted by Crippen LogP contribution is -2.26. The SMILES string of the molecule is CCCOc1nc(NN)nc(OC2CCCC(CC)C2)n1. The van der Waals surface area contributed by atoms with Crippen molar-refractivity contribution in [2.45, 2.75) is 58.5 Å². The van der Waals surface area contributed by atoms with Crippen molar-refractivity contribution >= 4 is 5.95 Å². The second-order valence-corrected chi connectivity index (χ2v) is 5.40. The van der Waals surface area contributed by atoms with E-state index in [2.05, 4.69) is 27.3 Å². The van der Waals surface area contributed by atoms with Crippen LogP contribution < -0.4 is 20.7 Å². The molecule has 118 valence electrons. The molecule has 0 aromatic carbocycles. The summed E-state index contributed by atoms with van der Waals surface area (Å²) in [6, 6.07) is 0.531. The third-order valence-electron chi connectivity index (χ3n) is 3.74. The number of hydrogen-bond donors (Lipinski definition) is 2. The fourth-order valence-corrected chi connectivity index (χ4v) is 2.58. The summed E-state index contributed by atoms with van der Waals surface area (Å²) in [4.78, 5) is 12.4. The lowest BCUT2D eigenvalue weighted by molar-refractivity contribution is 0.110. The van der Waals surface area contributed by atoms with Crippen LogP contribution in [0.5, 0.6) is 12.0 Å². The van der Waals surface area contributed by atoms with Crippen molar-refractivity contribution in [1.82, 2.24) is 15.0 Å². The van der Waals surface area contributed by atoms with Crippen LogP contribution in [0.25, 0.3) is 0 Å². The molecule has 0 amide bonds. The summed E-state index contributed by atoms with van der Waals surface area (Å²) in [6.07, 6.45) is 6.81. The highest BCUT2D eigenvalue weighted by atomic mass is 16.5. The molecule has 7 nitrogen and oxygen atoms in total. The van der Waals surface area contributed by atoms with Crippen LogP contribution in [0.4, 0.5) is 5.95 Å². The van der Waals surface area contributed by atoms with Gasteiger partial charge in [-0.25, -0.2) is 5.84 Å². The van der Waals surface area contributed by atoms with Gasteiger partial charge in [-0.15, -0.1) is 4.98 Å². The molecule has 0 bridgehead atoms. The number of rotatable bonds is 7. The zero-order valence-electron chi connectivity index (χ0n) is 12.8. The average molecular weight is 295 g/mol. The Balaban J connectivity index is 2.03. The number of nitrogen functional groups attached to an aromatic ring is 1. The monoisotopic (exact) mass is 295 g/mol. The Kier molecular flexibility index (Phi) is 5.98. The van der Waals surface area contributed by atoms with Crippen LogP contribution in [0.2, 0.25) is 0 Å². The van der Waals surface area contributed by atoms with Gasteiger partial charge in [0.05, 0.1) is 6.61 Å². The van der Waals surface area contributed by atoms with Crippen molar-refractivity contribution in [1.29, 1.82) is 0 Å². The Labute approximate surface area is 125 Å². The highest BCUT2D eigenvalue weighted by molar-refractivity contribution is 5.25. The van der Waals surface area contributed by atoms with E-state index >= 15 is 0 Å². The number of nitrogens with two attached hydrogens (primary N) is 1. The largest absolute Gasteiger partial charge is 0.463 e. The minimum absolute atomic E-state index is 0.163. The molecule has 0 aliphatic heterocycles. The summed E-state index contributed by atoms with van der Waals surface area (Å²) in [5.41, 5.74) is 2.42. The number of hydrazine groups is 1. The smallest absolute Gasteiger partial charge is 0.324 e. The second kappa shape index (κ2) is 7.97. The van der Waals surface area contributed by atoms with E-state index in [0.29, 0.717) is 6.61 Å². The maximum absolute atomic E-state index is 5.91. The maximum atomic E-state index is 5.91. The third kappa shape index (κ3) is 4.70. The Morgan fingerprint density at radius 2 is 2.00 bits per heavy atom. The van der Waals surface area contributed by atoms with Crippen LogP contribution in [0.3, 0.4) is 0 Å². The number of nitrogens with zero attached hydrogens (tertiary/aromatic N) is 3. The first-order valence-electron chi connectivity index (χ1n) is 7.77. The molecule has 0 spiro atoms. The Bertz CT molecular complexity index is 443. The Morgan fingerprint density at radius 3 is 2.71 bits per heavy atom. The highest BCUT2D eigenvalue weighted by Gasteiger charge is 2.23. The molecule has 1 aliphatic carbocycles. The van der Waals surface area contributed by atoms with Crippen molar-refractivity contribution in [3.8, 4) is 12.0 Å². The molecule has 2 atom stereocenters. The van der Waals surface area contributed by atoms with Crippen LogP contribution in [-0.2, 0) is 0 Å². The van der Waals surface area contributed by atoms with Crippen LogP contribution in [0.15, 0.2) is 0 Å². The highest BCUT2D eigenvalue weighted by Crippen LogP contribution is 2.29. The standard InChI is InChI=1S/C14H25N5O2/c1-3-8-20-13-16-12(19-15)17-14(18-13)21-11-7-5-6-10(4-2)9-11/h10-11H,3-9,15H2,1-2H3,(H,16,17,18,19). The lowest BCUT2D eigenvalue weighted by Gasteiger charge is -2.28. The fraction of sp³-hybridized carbons (Fsp3) is 0.786. The minimum atomic E-state index is 0.163. The predicted octanol–water partition coefficient (Wildman–Crippen LogP) is 2.29. The minimum Gasteiger partial charge on any atom is -0.463 e. The third-order valence-corrected chi connectivity index (χ3v) is 3.74. The van der Waals surface area contributed by atoms with Crippen LogP contribution >= 0.6 is 0 Å². The van der Waals surface area contributed by atoms with E-state index < -0.39 is 0 Å². The second-order valence-electron chi connectivity index (χ2n) is 5.40. The van der Waals surface area contributed by atoms with Crippen molar-refractivity contribution < 1.29 is 9.47 Å². The number of anilines is 1. The van der Waals surface area contributed by atoms with Crippen LogP contribution in [-0.4, -0.2) is 27.7 Å². The molecule has 3 N–H and O–H groups in total. The molecule has 2 unspecified atom stereocenters. The quantitative estimate of drug-likeness (QED) is 0.588.